The van der Waals surface area contributed by atoms with Gasteiger partial charge in [0.15, 0.2) is 6.23 Å². The Morgan fingerprint density at radius 3 is 2.18 bits per heavy atom. The van der Waals surface area contributed by atoms with Gasteiger partial charge in [-0.1, -0.05) is 84.9 Å². The third kappa shape index (κ3) is 5.08. The van der Waals surface area contributed by atoms with E-state index in [4.69, 9.17) is 9.15 Å². The Balaban J connectivity index is 1.25. The van der Waals surface area contributed by atoms with Gasteiger partial charge in [0.1, 0.15) is 11.3 Å². The number of benzene rings is 4. The minimum atomic E-state index is -0.479. The Kier molecular flexibility index (Phi) is 6.72. The van der Waals surface area contributed by atoms with Crippen molar-refractivity contribution in [3.8, 4) is 22.3 Å². The molecule has 1 unspecified atom stereocenters. The molecule has 0 radical (unpaired) electrons. The van der Waals surface area contributed by atoms with Crippen LogP contribution in [0.4, 0.5) is 0 Å². The smallest absolute Gasteiger partial charge is 0.304 e. The van der Waals surface area contributed by atoms with Crippen molar-refractivity contribution >= 4 is 22.8 Å². The molecule has 0 N–H and O–H groups in total. The van der Waals surface area contributed by atoms with E-state index in [0.717, 1.165) is 51.8 Å². The number of esters is 1. The maximum Gasteiger partial charge on any atom is 0.304 e. The minimum absolute atomic E-state index is 0.113. The van der Waals surface area contributed by atoms with Gasteiger partial charge in [-0.2, -0.15) is 0 Å². The molecule has 0 aliphatic carbocycles. The van der Waals surface area contributed by atoms with Crippen molar-refractivity contribution in [3.63, 3.8) is 0 Å². The van der Waals surface area contributed by atoms with Crippen LogP contribution < -0.4 is 0 Å². The number of fused-ring (bicyclic) bond motifs is 1. The largest absolute Gasteiger partial charge is 0.460 e. The maximum atomic E-state index is 13.1. The van der Waals surface area contributed by atoms with Crippen LogP contribution in [0.5, 0.6) is 0 Å². The molecule has 39 heavy (non-hydrogen) atoms. The van der Waals surface area contributed by atoms with Crippen LogP contribution in [-0.2, 0) is 16.0 Å². The topological polar surface area (TPSA) is 59.8 Å². The van der Waals surface area contributed by atoms with Crippen molar-refractivity contribution in [3.05, 3.63) is 120 Å². The van der Waals surface area contributed by atoms with E-state index < -0.39 is 6.23 Å². The van der Waals surface area contributed by atoms with E-state index in [0.29, 0.717) is 18.5 Å². The highest BCUT2D eigenvalue weighted by Gasteiger charge is 2.31. The van der Waals surface area contributed by atoms with E-state index in [1.807, 2.05) is 48.5 Å². The van der Waals surface area contributed by atoms with Crippen LogP contribution in [-0.4, -0.2) is 29.5 Å². The zero-order chi connectivity index (χ0) is 26.8. The van der Waals surface area contributed by atoms with Crippen LogP contribution in [0.15, 0.2) is 108 Å². The Morgan fingerprint density at radius 1 is 0.821 bits per heavy atom. The summed E-state index contributed by atoms with van der Waals surface area (Å²) >= 11 is 0. The summed E-state index contributed by atoms with van der Waals surface area (Å²) in [6, 6.07) is 34.6. The molecule has 1 aromatic heterocycles. The first-order valence-electron chi connectivity index (χ1n) is 13.3. The zero-order valence-electron chi connectivity index (χ0n) is 21.8. The van der Waals surface area contributed by atoms with E-state index in [1.54, 1.807) is 4.90 Å². The van der Waals surface area contributed by atoms with Gasteiger partial charge in [0.25, 0.3) is 5.91 Å². The molecule has 5 nitrogen and oxygen atoms in total. The molecule has 1 atom stereocenters. The van der Waals surface area contributed by atoms with Crippen LogP contribution in [0.1, 0.15) is 41.4 Å². The number of carbonyl (C=O) groups is 2. The molecule has 6 rings (SSSR count). The lowest BCUT2D eigenvalue weighted by Gasteiger charge is -2.24. The van der Waals surface area contributed by atoms with E-state index in [-0.39, 0.29) is 11.9 Å². The van der Waals surface area contributed by atoms with Crippen molar-refractivity contribution in [1.82, 2.24) is 4.90 Å². The molecule has 1 fully saturated rings. The fourth-order valence-corrected chi connectivity index (χ4v) is 5.40. The average Bonchev–Trinajstić information content (AvgIpc) is 3.57. The third-order valence-corrected chi connectivity index (χ3v) is 7.28. The summed E-state index contributed by atoms with van der Waals surface area (Å²) in [4.78, 5) is 26.1. The first kappa shape index (κ1) is 24.7. The molecular formula is C34H29NO4. The van der Waals surface area contributed by atoms with Gasteiger partial charge < -0.3 is 14.1 Å². The summed E-state index contributed by atoms with van der Waals surface area (Å²) in [5.74, 6) is 0.472. The van der Waals surface area contributed by atoms with Crippen molar-refractivity contribution in [1.29, 1.82) is 0 Å². The highest BCUT2D eigenvalue weighted by molar-refractivity contribution is 5.97. The van der Waals surface area contributed by atoms with Crippen LogP contribution in [0.2, 0.25) is 0 Å². The lowest BCUT2D eigenvalue weighted by atomic mass is 9.96. The SMILES string of the molecule is CC(=O)OC1CCCN1C(=O)c1ccc(-c2ccc(-c3c(Cc4ccccc4)oc4ccccc34)cc2)cc1. The molecule has 2 heterocycles. The molecule has 4 aromatic carbocycles. The average molecular weight is 516 g/mol. The van der Waals surface area contributed by atoms with Gasteiger partial charge in [0.05, 0.1) is 0 Å². The highest BCUT2D eigenvalue weighted by Crippen LogP contribution is 2.37. The summed E-state index contributed by atoms with van der Waals surface area (Å²) < 4.78 is 11.6. The van der Waals surface area contributed by atoms with Crippen molar-refractivity contribution < 1.29 is 18.7 Å². The molecule has 0 saturated carbocycles. The van der Waals surface area contributed by atoms with Crippen LogP contribution in [0.3, 0.4) is 0 Å². The van der Waals surface area contributed by atoms with Gasteiger partial charge in [0.2, 0.25) is 0 Å². The van der Waals surface area contributed by atoms with E-state index >= 15 is 0 Å². The maximum absolute atomic E-state index is 13.1. The number of amides is 1. The van der Waals surface area contributed by atoms with Crippen LogP contribution in [0.25, 0.3) is 33.2 Å². The lowest BCUT2D eigenvalue weighted by Crippen LogP contribution is -2.38. The van der Waals surface area contributed by atoms with E-state index in [2.05, 4.69) is 54.6 Å². The van der Waals surface area contributed by atoms with Crippen molar-refractivity contribution in [2.45, 2.75) is 32.4 Å². The summed E-state index contributed by atoms with van der Waals surface area (Å²) in [6.07, 6.45) is 1.74. The van der Waals surface area contributed by atoms with E-state index in [1.165, 1.54) is 12.5 Å². The van der Waals surface area contributed by atoms with Crippen LogP contribution in [0, 0.1) is 0 Å². The number of hydrogen-bond donors (Lipinski definition) is 0. The van der Waals surface area contributed by atoms with E-state index in [9.17, 15) is 9.59 Å². The second-order valence-electron chi connectivity index (χ2n) is 9.92. The molecule has 1 amide bonds. The number of carbonyl (C=O) groups excluding carboxylic acids is 2. The number of nitrogens with zero attached hydrogens (tertiary/aromatic N) is 1. The quantitative estimate of drug-likeness (QED) is 0.220. The molecule has 1 saturated heterocycles. The van der Waals surface area contributed by atoms with Gasteiger partial charge in [-0.25, -0.2) is 0 Å². The number of furan rings is 1. The molecule has 5 aromatic rings. The number of ether oxygens (including phenoxy) is 1. The molecule has 194 valence electrons. The molecule has 0 spiro atoms. The summed E-state index contributed by atoms with van der Waals surface area (Å²) in [5.41, 5.74) is 6.99. The number of hydrogen-bond acceptors (Lipinski definition) is 4. The third-order valence-electron chi connectivity index (χ3n) is 7.28. The van der Waals surface area contributed by atoms with Gasteiger partial charge in [-0.3, -0.25) is 9.59 Å². The van der Waals surface area contributed by atoms with Gasteiger partial charge in [0, 0.05) is 42.8 Å². The highest BCUT2D eigenvalue weighted by atomic mass is 16.6. The zero-order valence-corrected chi connectivity index (χ0v) is 21.8. The Morgan fingerprint density at radius 2 is 1.46 bits per heavy atom. The molecular weight excluding hydrogens is 486 g/mol. The fourth-order valence-electron chi connectivity index (χ4n) is 5.40. The number of rotatable bonds is 6. The second-order valence-corrected chi connectivity index (χ2v) is 9.92. The first-order valence-corrected chi connectivity index (χ1v) is 13.3. The van der Waals surface area contributed by atoms with Gasteiger partial charge >= 0.3 is 5.97 Å². The summed E-state index contributed by atoms with van der Waals surface area (Å²) in [5, 5.41) is 1.10. The monoisotopic (exact) mass is 515 g/mol. The van der Waals surface area contributed by atoms with Crippen molar-refractivity contribution in [2.24, 2.45) is 0 Å². The molecule has 5 heteroatoms. The summed E-state index contributed by atoms with van der Waals surface area (Å²) in [6.45, 7) is 1.97. The van der Waals surface area contributed by atoms with Crippen molar-refractivity contribution in [2.75, 3.05) is 6.54 Å². The predicted molar refractivity (Wildman–Crippen MR) is 152 cm³/mol. The normalized spacial score (nSPS) is 15.0. The standard InChI is InChI=1S/C34H29NO4/c1-23(36)38-32-12-7-21-35(32)34(37)28-19-15-26(16-20-28)25-13-17-27(18-14-25)33-29-10-5-6-11-30(29)39-31(33)22-24-8-3-2-4-9-24/h2-6,8-11,13-20,32H,7,12,21-22H2,1H3. The fraction of sp³-hybridized carbons (Fsp3) is 0.176. The number of para-hydroxylation sites is 1. The predicted octanol–water partition coefficient (Wildman–Crippen LogP) is 7.48. The van der Waals surface area contributed by atoms with Gasteiger partial charge in [-0.05, 0) is 46.9 Å². The lowest BCUT2D eigenvalue weighted by molar-refractivity contribution is -0.151. The number of likely N-dealkylation sites (tertiary alicyclic amines) is 1. The molecule has 1 aliphatic rings. The second kappa shape index (κ2) is 10.6. The molecule has 1 aliphatic heterocycles. The first-order chi connectivity index (χ1) is 19.1. The molecule has 0 bridgehead atoms. The Hall–Kier alpha value is -4.64. The summed E-state index contributed by atoms with van der Waals surface area (Å²) in [7, 11) is 0. The Labute approximate surface area is 227 Å². The van der Waals surface area contributed by atoms with Gasteiger partial charge in [-0.15, -0.1) is 0 Å². The van der Waals surface area contributed by atoms with Crippen LogP contribution >= 0.6 is 0 Å². The minimum Gasteiger partial charge on any atom is -0.460 e. The Bertz CT molecular complexity index is 1620.